The van der Waals surface area contributed by atoms with Crippen LogP contribution in [-0.2, 0) is 31.4 Å². The quantitative estimate of drug-likeness (QED) is 0.710. The summed E-state index contributed by atoms with van der Waals surface area (Å²) in [5, 5.41) is 3.12. The number of aryl methyl sites for hydroxylation is 1. The highest BCUT2D eigenvalue weighted by Gasteiger charge is 2.45. The topological polar surface area (TPSA) is 86.8 Å². The van der Waals surface area contributed by atoms with Gasteiger partial charge in [0, 0.05) is 18.8 Å². The number of amides is 2. The normalized spacial score (nSPS) is 21.9. The molecule has 2 aliphatic heterocycles. The fraction of sp³-hybridized carbons (Fsp3) is 0.462. The van der Waals surface area contributed by atoms with E-state index in [2.05, 4.69) is 17.4 Å². The van der Waals surface area contributed by atoms with Crippen LogP contribution >= 0.6 is 0 Å². The van der Waals surface area contributed by atoms with Crippen LogP contribution in [0.5, 0.6) is 0 Å². The lowest BCUT2D eigenvalue weighted by atomic mass is 9.86. The van der Waals surface area contributed by atoms with E-state index in [-0.39, 0.29) is 29.3 Å². The van der Waals surface area contributed by atoms with Crippen LogP contribution < -0.4 is 10.2 Å². The number of anilines is 1. The average molecular weight is 482 g/mol. The van der Waals surface area contributed by atoms with Crippen molar-refractivity contribution >= 4 is 27.5 Å². The van der Waals surface area contributed by atoms with Crippen LogP contribution in [0.3, 0.4) is 0 Å². The first kappa shape index (κ1) is 23.1. The summed E-state index contributed by atoms with van der Waals surface area (Å²) in [4.78, 5) is 28.0. The Morgan fingerprint density at radius 3 is 2.59 bits per heavy atom. The minimum Gasteiger partial charge on any atom is -0.348 e. The number of hydrogen-bond acceptors (Lipinski definition) is 4. The summed E-state index contributed by atoms with van der Waals surface area (Å²) in [5.74, 6) is -0.412. The van der Waals surface area contributed by atoms with Crippen molar-refractivity contribution < 1.29 is 18.0 Å². The Balaban J connectivity index is 1.38. The van der Waals surface area contributed by atoms with Crippen molar-refractivity contribution in [3.8, 4) is 0 Å². The van der Waals surface area contributed by atoms with Crippen LogP contribution in [0, 0.1) is 0 Å². The monoisotopic (exact) mass is 481 g/mol. The van der Waals surface area contributed by atoms with E-state index in [1.807, 2.05) is 12.1 Å². The Morgan fingerprint density at radius 1 is 1.09 bits per heavy atom. The number of hydrogen-bond donors (Lipinski definition) is 1. The largest absolute Gasteiger partial charge is 0.348 e. The van der Waals surface area contributed by atoms with E-state index < -0.39 is 15.4 Å². The zero-order chi connectivity index (χ0) is 24.1. The highest BCUT2D eigenvalue weighted by Crippen LogP contribution is 2.43. The van der Waals surface area contributed by atoms with E-state index >= 15 is 0 Å². The first-order valence-electron chi connectivity index (χ1n) is 12.0. The van der Waals surface area contributed by atoms with Crippen molar-refractivity contribution in [2.75, 3.05) is 24.5 Å². The summed E-state index contributed by atoms with van der Waals surface area (Å²) < 4.78 is 27.6. The number of nitrogens with zero attached hydrogens (tertiary/aromatic N) is 2. The third-order valence-electron chi connectivity index (χ3n) is 7.42. The molecule has 3 aliphatic rings. The SMILES string of the molecule is CC1(C)C(=O)N(CC(=O)N[C@@H]2CCCc3ccccc32)c2ccc(S(=O)(=O)N3CCCC3)cc21. The van der Waals surface area contributed by atoms with Gasteiger partial charge in [-0.2, -0.15) is 4.31 Å². The number of benzene rings is 2. The van der Waals surface area contributed by atoms with Crippen molar-refractivity contribution in [2.24, 2.45) is 0 Å². The van der Waals surface area contributed by atoms with Crippen LogP contribution in [0.1, 0.15) is 62.3 Å². The average Bonchev–Trinajstić information content (AvgIpc) is 3.43. The molecule has 0 aromatic heterocycles. The maximum Gasteiger partial charge on any atom is 0.243 e. The molecule has 180 valence electrons. The Bertz CT molecular complexity index is 1250. The van der Waals surface area contributed by atoms with Crippen molar-refractivity contribution in [3.63, 3.8) is 0 Å². The molecule has 0 unspecified atom stereocenters. The van der Waals surface area contributed by atoms with Gasteiger partial charge in [0.05, 0.1) is 16.4 Å². The van der Waals surface area contributed by atoms with Crippen LogP contribution in [0.4, 0.5) is 5.69 Å². The highest BCUT2D eigenvalue weighted by molar-refractivity contribution is 7.89. The van der Waals surface area contributed by atoms with Crippen molar-refractivity contribution in [2.45, 2.75) is 62.3 Å². The van der Waals surface area contributed by atoms with Crippen LogP contribution in [0.25, 0.3) is 0 Å². The Labute approximate surface area is 201 Å². The second kappa shape index (κ2) is 8.50. The molecule has 2 aromatic carbocycles. The second-order valence-corrected chi connectivity index (χ2v) is 12.0. The van der Waals surface area contributed by atoms with Crippen LogP contribution in [0.15, 0.2) is 47.4 Å². The lowest BCUT2D eigenvalue weighted by molar-refractivity contribution is -0.126. The first-order chi connectivity index (χ1) is 16.2. The third-order valence-corrected chi connectivity index (χ3v) is 9.32. The lowest BCUT2D eigenvalue weighted by Crippen LogP contribution is -2.44. The molecule has 5 rings (SSSR count). The van der Waals surface area contributed by atoms with Gasteiger partial charge in [-0.3, -0.25) is 9.59 Å². The van der Waals surface area contributed by atoms with Gasteiger partial charge in [0.1, 0.15) is 6.54 Å². The second-order valence-electron chi connectivity index (χ2n) is 10.0. The molecule has 8 heteroatoms. The van der Waals surface area contributed by atoms with Gasteiger partial charge in [0.2, 0.25) is 21.8 Å². The van der Waals surface area contributed by atoms with Gasteiger partial charge in [0.25, 0.3) is 0 Å². The van der Waals surface area contributed by atoms with E-state index in [0.29, 0.717) is 24.3 Å². The zero-order valence-corrected chi connectivity index (χ0v) is 20.5. The Kier molecular flexibility index (Phi) is 5.76. The summed E-state index contributed by atoms with van der Waals surface area (Å²) in [7, 11) is -3.59. The van der Waals surface area contributed by atoms with Gasteiger partial charge in [-0.1, -0.05) is 24.3 Å². The molecule has 2 heterocycles. The molecule has 7 nitrogen and oxygen atoms in total. The Hall–Kier alpha value is -2.71. The van der Waals surface area contributed by atoms with Crippen molar-refractivity contribution in [3.05, 3.63) is 59.2 Å². The number of carbonyl (C=O) groups is 2. The molecule has 0 bridgehead atoms. The van der Waals surface area contributed by atoms with Crippen LogP contribution in [-0.4, -0.2) is 44.2 Å². The molecule has 0 saturated carbocycles. The summed E-state index contributed by atoms with van der Waals surface area (Å²) in [6, 6.07) is 13.0. The fourth-order valence-corrected chi connectivity index (χ4v) is 7.04. The molecule has 1 saturated heterocycles. The summed E-state index contributed by atoms with van der Waals surface area (Å²) in [6.07, 6.45) is 4.62. The van der Waals surface area contributed by atoms with Gasteiger partial charge in [0.15, 0.2) is 0 Å². The van der Waals surface area contributed by atoms with E-state index in [1.54, 1.807) is 32.0 Å². The van der Waals surface area contributed by atoms with E-state index in [9.17, 15) is 18.0 Å². The van der Waals surface area contributed by atoms with Crippen molar-refractivity contribution in [1.29, 1.82) is 0 Å². The molecule has 1 aliphatic carbocycles. The van der Waals surface area contributed by atoms with Crippen LogP contribution in [0.2, 0.25) is 0 Å². The zero-order valence-electron chi connectivity index (χ0n) is 19.7. The van der Waals surface area contributed by atoms with E-state index in [4.69, 9.17) is 0 Å². The maximum absolute atomic E-state index is 13.3. The Morgan fingerprint density at radius 2 is 1.82 bits per heavy atom. The standard InChI is InChI=1S/C26H31N3O4S/c1-26(2)21-16-19(34(32,33)28-14-5-6-15-28)12-13-23(21)29(25(26)31)17-24(30)27-22-11-7-9-18-8-3-4-10-20(18)22/h3-4,8,10,12-13,16,22H,5-7,9,11,14-15,17H2,1-2H3,(H,27,30)/t22-/m1/s1. The molecule has 0 radical (unpaired) electrons. The van der Waals surface area contributed by atoms with E-state index in [0.717, 1.165) is 37.7 Å². The molecule has 0 spiro atoms. The third kappa shape index (κ3) is 3.82. The molecule has 2 aromatic rings. The molecule has 1 fully saturated rings. The molecule has 1 N–H and O–H groups in total. The first-order valence-corrected chi connectivity index (χ1v) is 13.5. The fourth-order valence-electron chi connectivity index (χ4n) is 5.50. The number of sulfonamides is 1. The molecular weight excluding hydrogens is 450 g/mol. The molecule has 2 amide bonds. The minimum absolute atomic E-state index is 0.0596. The number of rotatable bonds is 5. The minimum atomic E-state index is -3.59. The summed E-state index contributed by atoms with van der Waals surface area (Å²) in [6.45, 7) is 4.54. The molecule has 34 heavy (non-hydrogen) atoms. The molecular formula is C26H31N3O4S. The highest BCUT2D eigenvalue weighted by atomic mass is 32.2. The van der Waals surface area contributed by atoms with Gasteiger partial charge < -0.3 is 10.2 Å². The maximum atomic E-state index is 13.3. The predicted octanol–water partition coefficient (Wildman–Crippen LogP) is 3.29. The van der Waals surface area contributed by atoms with Gasteiger partial charge in [-0.15, -0.1) is 0 Å². The van der Waals surface area contributed by atoms with Gasteiger partial charge >= 0.3 is 0 Å². The summed E-state index contributed by atoms with van der Waals surface area (Å²) in [5.41, 5.74) is 2.74. The number of carbonyl (C=O) groups excluding carboxylic acids is 2. The van der Waals surface area contributed by atoms with E-state index in [1.165, 1.54) is 14.8 Å². The predicted molar refractivity (Wildman–Crippen MR) is 130 cm³/mol. The lowest BCUT2D eigenvalue weighted by Gasteiger charge is -2.27. The van der Waals surface area contributed by atoms with Crippen molar-refractivity contribution in [1.82, 2.24) is 9.62 Å². The van der Waals surface area contributed by atoms with Gasteiger partial charge in [-0.25, -0.2) is 8.42 Å². The summed E-state index contributed by atoms with van der Waals surface area (Å²) >= 11 is 0. The number of fused-ring (bicyclic) bond motifs is 2. The molecule has 1 atom stereocenters. The smallest absolute Gasteiger partial charge is 0.243 e. The number of nitrogens with one attached hydrogen (secondary N) is 1. The van der Waals surface area contributed by atoms with Gasteiger partial charge in [-0.05, 0) is 80.8 Å².